The molecule has 0 bridgehead atoms. The van der Waals surface area contributed by atoms with Crippen molar-refractivity contribution in [2.75, 3.05) is 13.1 Å². The summed E-state index contributed by atoms with van der Waals surface area (Å²) in [6.45, 7) is 2.46. The predicted molar refractivity (Wildman–Crippen MR) is 70.4 cm³/mol. The molecular weight excluding hydrogens is 268 g/mol. The molecule has 19 heavy (non-hydrogen) atoms. The molecule has 0 radical (unpaired) electrons. The summed E-state index contributed by atoms with van der Waals surface area (Å²) >= 11 is 0. The standard InChI is InChI=1S/C12H16N2O4S/c1-10-6-5-7-11(14(15)16)12(10)19(17,18)13-8-3-2-4-9-13/h5-7H,2-4,8-9H2,1H3. The predicted octanol–water partition coefficient (Wildman–Crippen LogP) is 2.08. The molecule has 0 amide bonds. The second-order valence-corrected chi connectivity index (χ2v) is 6.52. The topological polar surface area (TPSA) is 80.5 Å². The zero-order valence-electron chi connectivity index (χ0n) is 10.7. The van der Waals surface area contributed by atoms with Crippen LogP contribution in [-0.4, -0.2) is 30.7 Å². The van der Waals surface area contributed by atoms with Gasteiger partial charge in [0, 0.05) is 19.2 Å². The number of benzene rings is 1. The fraction of sp³-hybridized carbons (Fsp3) is 0.500. The molecule has 7 heteroatoms. The van der Waals surface area contributed by atoms with Crippen molar-refractivity contribution in [2.24, 2.45) is 0 Å². The van der Waals surface area contributed by atoms with Gasteiger partial charge in [-0.05, 0) is 25.3 Å². The van der Waals surface area contributed by atoms with Gasteiger partial charge >= 0.3 is 0 Å². The molecule has 0 aromatic heterocycles. The van der Waals surface area contributed by atoms with E-state index in [0.717, 1.165) is 19.3 Å². The average molecular weight is 284 g/mol. The Morgan fingerprint density at radius 3 is 2.42 bits per heavy atom. The van der Waals surface area contributed by atoms with Crippen LogP contribution in [0.2, 0.25) is 0 Å². The van der Waals surface area contributed by atoms with Gasteiger partial charge in [-0.1, -0.05) is 18.6 Å². The van der Waals surface area contributed by atoms with Crippen LogP contribution in [0, 0.1) is 17.0 Å². The van der Waals surface area contributed by atoms with Crippen LogP contribution in [-0.2, 0) is 10.0 Å². The third-order valence-electron chi connectivity index (χ3n) is 3.30. The first-order valence-electron chi connectivity index (χ1n) is 6.19. The van der Waals surface area contributed by atoms with Gasteiger partial charge in [-0.3, -0.25) is 10.1 Å². The maximum Gasteiger partial charge on any atom is 0.289 e. The maximum absolute atomic E-state index is 12.6. The van der Waals surface area contributed by atoms with Gasteiger partial charge in [0.15, 0.2) is 4.90 Å². The monoisotopic (exact) mass is 284 g/mol. The summed E-state index contributed by atoms with van der Waals surface area (Å²) in [6.07, 6.45) is 2.61. The summed E-state index contributed by atoms with van der Waals surface area (Å²) < 4.78 is 26.5. The number of nitro benzene ring substituents is 1. The van der Waals surface area contributed by atoms with E-state index in [9.17, 15) is 18.5 Å². The first-order valence-corrected chi connectivity index (χ1v) is 7.63. The highest BCUT2D eigenvalue weighted by Crippen LogP contribution is 2.30. The van der Waals surface area contributed by atoms with Crippen molar-refractivity contribution in [2.45, 2.75) is 31.1 Å². The van der Waals surface area contributed by atoms with Gasteiger partial charge in [0.25, 0.3) is 5.69 Å². The minimum absolute atomic E-state index is 0.165. The minimum atomic E-state index is -3.78. The maximum atomic E-state index is 12.6. The van der Waals surface area contributed by atoms with Crippen molar-refractivity contribution in [3.8, 4) is 0 Å². The number of piperidine rings is 1. The van der Waals surface area contributed by atoms with Crippen LogP contribution in [0.25, 0.3) is 0 Å². The van der Waals surface area contributed by atoms with Crippen molar-refractivity contribution >= 4 is 15.7 Å². The fourth-order valence-corrected chi connectivity index (χ4v) is 4.23. The van der Waals surface area contributed by atoms with Crippen molar-refractivity contribution in [1.82, 2.24) is 4.31 Å². The van der Waals surface area contributed by atoms with E-state index in [4.69, 9.17) is 0 Å². The van der Waals surface area contributed by atoms with Crippen molar-refractivity contribution in [3.05, 3.63) is 33.9 Å². The quantitative estimate of drug-likeness (QED) is 0.628. The molecule has 6 nitrogen and oxygen atoms in total. The van der Waals surface area contributed by atoms with Crippen LogP contribution >= 0.6 is 0 Å². The summed E-state index contributed by atoms with van der Waals surface area (Å²) in [7, 11) is -3.78. The normalized spacial score (nSPS) is 17.3. The Labute approximate surface area is 112 Å². The average Bonchev–Trinajstić information content (AvgIpc) is 2.39. The van der Waals surface area contributed by atoms with Gasteiger partial charge in [0.2, 0.25) is 10.0 Å². The van der Waals surface area contributed by atoms with Gasteiger partial charge in [-0.15, -0.1) is 0 Å². The zero-order chi connectivity index (χ0) is 14.0. The van der Waals surface area contributed by atoms with Gasteiger partial charge in [-0.2, -0.15) is 4.31 Å². The number of nitrogens with zero attached hydrogens (tertiary/aromatic N) is 2. The highest BCUT2D eigenvalue weighted by Gasteiger charge is 2.33. The van der Waals surface area contributed by atoms with Crippen LogP contribution in [0.5, 0.6) is 0 Å². The van der Waals surface area contributed by atoms with Crippen molar-refractivity contribution < 1.29 is 13.3 Å². The molecule has 0 spiro atoms. The first kappa shape index (κ1) is 14.0. The molecular formula is C12H16N2O4S. The Morgan fingerprint density at radius 1 is 1.21 bits per heavy atom. The lowest BCUT2D eigenvalue weighted by molar-refractivity contribution is -0.387. The second kappa shape index (κ2) is 5.26. The largest absolute Gasteiger partial charge is 0.289 e. The molecule has 1 aliphatic rings. The van der Waals surface area contributed by atoms with Crippen LogP contribution in [0.1, 0.15) is 24.8 Å². The van der Waals surface area contributed by atoms with E-state index in [2.05, 4.69) is 0 Å². The Hall–Kier alpha value is -1.47. The summed E-state index contributed by atoms with van der Waals surface area (Å²) in [4.78, 5) is 10.2. The van der Waals surface area contributed by atoms with Gasteiger partial charge in [0.05, 0.1) is 4.92 Å². The molecule has 1 heterocycles. The van der Waals surface area contributed by atoms with Crippen LogP contribution < -0.4 is 0 Å². The number of hydrogen-bond acceptors (Lipinski definition) is 4. The molecule has 0 unspecified atom stereocenters. The molecule has 1 aromatic carbocycles. The molecule has 0 atom stereocenters. The van der Waals surface area contributed by atoms with E-state index in [1.54, 1.807) is 13.0 Å². The fourth-order valence-electron chi connectivity index (χ4n) is 2.35. The molecule has 2 rings (SSSR count). The Morgan fingerprint density at radius 2 is 1.84 bits per heavy atom. The van der Waals surface area contributed by atoms with Crippen LogP contribution in [0.15, 0.2) is 23.1 Å². The lowest BCUT2D eigenvalue weighted by Gasteiger charge is -2.26. The molecule has 1 aliphatic heterocycles. The van der Waals surface area contributed by atoms with Gasteiger partial charge in [0.1, 0.15) is 0 Å². The molecule has 0 saturated carbocycles. The number of rotatable bonds is 3. The number of aryl methyl sites for hydroxylation is 1. The molecule has 1 fully saturated rings. The Bertz CT molecular complexity index is 592. The third-order valence-corrected chi connectivity index (χ3v) is 5.39. The Kier molecular flexibility index (Phi) is 3.86. The third kappa shape index (κ3) is 2.62. The van der Waals surface area contributed by atoms with Crippen molar-refractivity contribution in [3.63, 3.8) is 0 Å². The van der Waals surface area contributed by atoms with Gasteiger partial charge in [-0.25, -0.2) is 8.42 Å². The zero-order valence-corrected chi connectivity index (χ0v) is 11.5. The van der Waals surface area contributed by atoms with Crippen LogP contribution in [0.3, 0.4) is 0 Å². The smallest absolute Gasteiger partial charge is 0.258 e. The Balaban J connectivity index is 2.53. The molecule has 104 valence electrons. The summed E-state index contributed by atoms with van der Waals surface area (Å²) in [6, 6.07) is 4.33. The first-order chi connectivity index (χ1) is 8.94. The molecule has 0 aliphatic carbocycles. The summed E-state index contributed by atoms with van der Waals surface area (Å²) in [5.41, 5.74) is 0.0744. The highest BCUT2D eigenvalue weighted by molar-refractivity contribution is 7.89. The van der Waals surface area contributed by atoms with Crippen LogP contribution in [0.4, 0.5) is 5.69 Å². The molecule has 1 aromatic rings. The van der Waals surface area contributed by atoms with E-state index < -0.39 is 14.9 Å². The van der Waals surface area contributed by atoms with Crippen molar-refractivity contribution in [1.29, 1.82) is 0 Å². The number of sulfonamides is 1. The second-order valence-electron chi connectivity index (χ2n) is 4.65. The summed E-state index contributed by atoms with van der Waals surface area (Å²) in [5.74, 6) is 0. The number of hydrogen-bond donors (Lipinski definition) is 0. The van der Waals surface area contributed by atoms with E-state index in [-0.39, 0.29) is 10.6 Å². The van der Waals surface area contributed by atoms with E-state index >= 15 is 0 Å². The van der Waals surface area contributed by atoms with E-state index in [0.29, 0.717) is 18.7 Å². The SMILES string of the molecule is Cc1cccc([N+](=O)[O-])c1S(=O)(=O)N1CCCCC1. The molecule has 0 N–H and O–H groups in total. The highest BCUT2D eigenvalue weighted by atomic mass is 32.2. The number of nitro groups is 1. The van der Waals surface area contributed by atoms with E-state index in [1.165, 1.54) is 16.4 Å². The summed E-state index contributed by atoms with van der Waals surface area (Å²) in [5, 5.41) is 11.0. The molecule has 1 saturated heterocycles. The minimum Gasteiger partial charge on any atom is -0.258 e. The van der Waals surface area contributed by atoms with E-state index in [1.807, 2.05) is 0 Å². The lowest BCUT2D eigenvalue weighted by Crippen LogP contribution is -2.36. The van der Waals surface area contributed by atoms with Gasteiger partial charge < -0.3 is 0 Å². The lowest BCUT2D eigenvalue weighted by atomic mass is 10.2.